The van der Waals surface area contributed by atoms with Crippen LogP contribution < -0.4 is 9.64 Å². The first-order chi connectivity index (χ1) is 12.6. The fourth-order valence-electron chi connectivity index (χ4n) is 3.08. The molecular weight excluding hydrogens is 372 g/mol. The summed E-state index contributed by atoms with van der Waals surface area (Å²) >= 11 is 5.84. The van der Waals surface area contributed by atoms with Gasteiger partial charge < -0.3 is 9.64 Å². The molecule has 1 heterocycles. The fourth-order valence-corrected chi connectivity index (χ4v) is 4.64. The van der Waals surface area contributed by atoms with E-state index in [1.54, 1.807) is 28.6 Å². The first kappa shape index (κ1) is 19.2. The number of nitrogens with zero attached hydrogens (tertiary/aromatic N) is 1. The molecule has 1 aliphatic rings. The molecule has 1 fully saturated rings. The molecule has 1 N–H and O–H groups in total. The summed E-state index contributed by atoms with van der Waals surface area (Å²) in [6.07, 6.45) is 0.953. The Labute approximate surface area is 160 Å². The number of hydrogen-bond acceptors (Lipinski definition) is 3. The van der Waals surface area contributed by atoms with E-state index in [9.17, 15) is 8.42 Å². The SMILES string of the molecule is O=S(=O)(c1ccc(Cl)cc1)N1CC[NH+](CCCOc2ccccc2)CC1. The predicted molar refractivity (Wildman–Crippen MR) is 102 cm³/mol. The number of benzene rings is 2. The van der Waals surface area contributed by atoms with Gasteiger partial charge in [-0.2, -0.15) is 4.31 Å². The molecule has 2 aromatic rings. The van der Waals surface area contributed by atoms with Gasteiger partial charge in [-0.25, -0.2) is 8.42 Å². The lowest BCUT2D eigenvalue weighted by molar-refractivity contribution is -0.903. The summed E-state index contributed by atoms with van der Waals surface area (Å²) in [6, 6.07) is 16.2. The number of ether oxygens (including phenoxy) is 1. The summed E-state index contributed by atoms with van der Waals surface area (Å²) in [7, 11) is -3.43. The molecule has 2 aromatic carbocycles. The Hall–Kier alpha value is -1.60. The fraction of sp³-hybridized carbons (Fsp3) is 0.368. The third-order valence-electron chi connectivity index (χ3n) is 4.57. The van der Waals surface area contributed by atoms with Crippen molar-refractivity contribution in [3.63, 3.8) is 0 Å². The van der Waals surface area contributed by atoms with Gasteiger partial charge in [0.2, 0.25) is 10.0 Å². The quantitative estimate of drug-likeness (QED) is 0.726. The van der Waals surface area contributed by atoms with Gasteiger partial charge in [0, 0.05) is 11.4 Å². The van der Waals surface area contributed by atoms with Crippen LogP contribution in [0.2, 0.25) is 5.02 Å². The number of piperazine rings is 1. The summed E-state index contributed by atoms with van der Waals surface area (Å²) in [5, 5.41) is 0.538. The van der Waals surface area contributed by atoms with Crippen LogP contribution in [-0.2, 0) is 10.0 Å². The van der Waals surface area contributed by atoms with Gasteiger partial charge >= 0.3 is 0 Å². The molecule has 0 bridgehead atoms. The van der Waals surface area contributed by atoms with E-state index < -0.39 is 10.0 Å². The molecule has 5 nitrogen and oxygen atoms in total. The Morgan fingerprint density at radius 1 is 1.00 bits per heavy atom. The van der Waals surface area contributed by atoms with Crippen LogP contribution in [0, 0.1) is 0 Å². The molecule has 0 spiro atoms. The Morgan fingerprint density at radius 2 is 1.65 bits per heavy atom. The number of sulfonamides is 1. The summed E-state index contributed by atoms with van der Waals surface area (Å²) in [5.41, 5.74) is 0. The number of hydrogen-bond donors (Lipinski definition) is 1. The van der Waals surface area contributed by atoms with Crippen molar-refractivity contribution in [1.82, 2.24) is 4.31 Å². The van der Waals surface area contributed by atoms with E-state index in [1.165, 1.54) is 4.90 Å². The Kier molecular flexibility index (Phi) is 6.53. The number of para-hydroxylation sites is 1. The minimum absolute atomic E-state index is 0.307. The molecule has 0 unspecified atom stereocenters. The second kappa shape index (κ2) is 8.86. The summed E-state index contributed by atoms with van der Waals surface area (Å²) in [6.45, 7) is 4.39. The third-order valence-corrected chi connectivity index (χ3v) is 6.73. The van der Waals surface area contributed by atoms with Crippen LogP contribution in [0.1, 0.15) is 6.42 Å². The van der Waals surface area contributed by atoms with Crippen molar-refractivity contribution < 1.29 is 18.1 Å². The zero-order valence-corrected chi connectivity index (χ0v) is 16.2. The van der Waals surface area contributed by atoms with Gasteiger partial charge in [-0.1, -0.05) is 29.8 Å². The van der Waals surface area contributed by atoms with Crippen molar-refractivity contribution in [3.8, 4) is 5.75 Å². The van der Waals surface area contributed by atoms with Gasteiger partial charge in [0.15, 0.2) is 0 Å². The first-order valence-corrected chi connectivity index (χ1v) is 10.6. The number of halogens is 1. The summed E-state index contributed by atoms with van der Waals surface area (Å²) in [5.74, 6) is 0.890. The maximum Gasteiger partial charge on any atom is 0.243 e. The molecular formula is C19H24ClN2O3S+. The molecule has 140 valence electrons. The van der Waals surface area contributed by atoms with Crippen molar-refractivity contribution in [1.29, 1.82) is 0 Å². The highest BCUT2D eigenvalue weighted by molar-refractivity contribution is 7.89. The first-order valence-electron chi connectivity index (χ1n) is 8.83. The molecule has 3 rings (SSSR count). The largest absolute Gasteiger partial charge is 0.493 e. The number of nitrogens with one attached hydrogen (secondary N) is 1. The maximum absolute atomic E-state index is 12.7. The van der Waals surface area contributed by atoms with Crippen LogP contribution >= 0.6 is 11.6 Å². The zero-order chi connectivity index (χ0) is 18.4. The highest BCUT2D eigenvalue weighted by Crippen LogP contribution is 2.18. The van der Waals surface area contributed by atoms with Gasteiger partial charge in [0.25, 0.3) is 0 Å². The van der Waals surface area contributed by atoms with Crippen LogP contribution in [0.5, 0.6) is 5.75 Å². The lowest BCUT2D eigenvalue weighted by atomic mass is 10.3. The van der Waals surface area contributed by atoms with Gasteiger partial charge in [0.05, 0.1) is 44.2 Å². The number of rotatable bonds is 7. The van der Waals surface area contributed by atoms with E-state index in [-0.39, 0.29) is 0 Å². The van der Waals surface area contributed by atoms with E-state index in [2.05, 4.69) is 0 Å². The molecule has 7 heteroatoms. The average Bonchev–Trinajstić information content (AvgIpc) is 2.67. The van der Waals surface area contributed by atoms with E-state index in [1.807, 2.05) is 30.3 Å². The summed E-state index contributed by atoms with van der Waals surface area (Å²) < 4.78 is 32.6. The molecule has 26 heavy (non-hydrogen) atoms. The molecule has 0 saturated carbocycles. The second-order valence-corrected chi connectivity index (χ2v) is 8.75. The van der Waals surface area contributed by atoms with Crippen LogP contribution in [0.3, 0.4) is 0 Å². The Balaban J connectivity index is 1.43. The predicted octanol–water partition coefficient (Wildman–Crippen LogP) is 1.70. The molecule has 1 saturated heterocycles. The van der Waals surface area contributed by atoms with Gasteiger partial charge in [-0.15, -0.1) is 0 Å². The Morgan fingerprint density at radius 3 is 2.31 bits per heavy atom. The topological polar surface area (TPSA) is 51.0 Å². The Bertz CT molecular complexity index is 789. The monoisotopic (exact) mass is 395 g/mol. The minimum Gasteiger partial charge on any atom is -0.493 e. The van der Waals surface area contributed by atoms with Crippen LogP contribution in [-0.4, -0.2) is 52.1 Å². The van der Waals surface area contributed by atoms with E-state index in [0.29, 0.717) is 29.6 Å². The van der Waals surface area contributed by atoms with E-state index >= 15 is 0 Å². The van der Waals surface area contributed by atoms with Crippen LogP contribution in [0.15, 0.2) is 59.5 Å². The van der Waals surface area contributed by atoms with E-state index in [0.717, 1.165) is 31.8 Å². The standard InChI is InChI=1S/C19H23ClN2O3S/c20-17-7-9-19(10-8-17)26(23,24)22-14-12-21(13-15-22)11-4-16-25-18-5-2-1-3-6-18/h1-3,5-10H,4,11-16H2/p+1. The maximum atomic E-state index is 12.7. The van der Waals surface area contributed by atoms with Crippen molar-refractivity contribution in [3.05, 3.63) is 59.6 Å². The molecule has 1 aliphatic heterocycles. The molecule has 0 amide bonds. The van der Waals surface area contributed by atoms with Gasteiger partial charge in [0.1, 0.15) is 5.75 Å². The second-order valence-electron chi connectivity index (χ2n) is 6.37. The molecule has 0 atom stereocenters. The van der Waals surface area contributed by atoms with E-state index in [4.69, 9.17) is 16.3 Å². The zero-order valence-electron chi connectivity index (χ0n) is 14.6. The molecule has 0 aliphatic carbocycles. The van der Waals surface area contributed by atoms with Crippen molar-refractivity contribution in [2.45, 2.75) is 11.3 Å². The van der Waals surface area contributed by atoms with Crippen molar-refractivity contribution >= 4 is 21.6 Å². The van der Waals surface area contributed by atoms with Gasteiger partial charge in [-0.05, 0) is 36.4 Å². The normalized spacial score (nSPS) is 16.5. The van der Waals surface area contributed by atoms with Gasteiger partial charge in [-0.3, -0.25) is 0 Å². The minimum atomic E-state index is -3.43. The summed E-state index contributed by atoms with van der Waals surface area (Å²) in [4.78, 5) is 1.73. The average molecular weight is 396 g/mol. The molecule has 0 radical (unpaired) electrons. The lowest BCUT2D eigenvalue weighted by Gasteiger charge is -2.31. The van der Waals surface area contributed by atoms with Crippen LogP contribution in [0.25, 0.3) is 0 Å². The molecule has 0 aromatic heterocycles. The van der Waals surface area contributed by atoms with Crippen molar-refractivity contribution in [2.75, 3.05) is 39.3 Å². The lowest BCUT2D eigenvalue weighted by Crippen LogP contribution is -3.14. The van der Waals surface area contributed by atoms with Crippen LogP contribution in [0.4, 0.5) is 0 Å². The smallest absolute Gasteiger partial charge is 0.243 e. The highest BCUT2D eigenvalue weighted by Gasteiger charge is 2.30. The highest BCUT2D eigenvalue weighted by atomic mass is 35.5. The van der Waals surface area contributed by atoms with Crippen molar-refractivity contribution in [2.24, 2.45) is 0 Å². The number of quaternary nitrogens is 1. The third kappa shape index (κ3) is 4.98.